The molecule has 0 aliphatic carbocycles. The van der Waals surface area contributed by atoms with E-state index in [0.717, 1.165) is 22.5 Å². The molecule has 0 fully saturated rings. The van der Waals surface area contributed by atoms with Crippen molar-refractivity contribution in [3.8, 4) is 22.9 Å². The van der Waals surface area contributed by atoms with Gasteiger partial charge in [-0.25, -0.2) is 4.98 Å². The molecule has 0 spiro atoms. The van der Waals surface area contributed by atoms with Gasteiger partial charge < -0.3 is 4.74 Å². The van der Waals surface area contributed by atoms with E-state index in [1.807, 2.05) is 12.1 Å². The summed E-state index contributed by atoms with van der Waals surface area (Å²) in [5.74, 6) is 1.57. The second-order valence-electron chi connectivity index (χ2n) is 6.53. The molecule has 24 heavy (non-hydrogen) atoms. The van der Waals surface area contributed by atoms with Gasteiger partial charge in [-0.3, -0.25) is 0 Å². The first kappa shape index (κ1) is 13.5. The Morgan fingerprint density at radius 2 is 1.88 bits per heavy atom. The minimum absolute atomic E-state index is 0.685. The number of nitrogens with zero attached hydrogens (tertiary/aromatic N) is 2. The van der Waals surface area contributed by atoms with Gasteiger partial charge in [-0.05, 0) is 42.5 Å². The van der Waals surface area contributed by atoms with Gasteiger partial charge in [0.25, 0.3) is 11.6 Å². The molecule has 0 atom stereocenters. The number of hydrogen-bond acceptors (Lipinski definition) is 2. The lowest BCUT2D eigenvalue weighted by Gasteiger charge is -2.20. The smallest absolute Gasteiger partial charge is 0.294 e. The molecule has 0 saturated heterocycles. The summed E-state index contributed by atoms with van der Waals surface area (Å²) >= 11 is 0. The number of benzene rings is 3. The average Bonchev–Trinajstić information content (AvgIpc) is 2.57. The molecule has 4 aromatic rings. The normalized spacial score (nSPS) is 12.3. The zero-order valence-electron chi connectivity index (χ0n) is 13.9. The molecule has 0 amide bonds. The highest BCUT2D eigenvalue weighted by Gasteiger charge is 2.31. The Morgan fingerprint density at radius 3 is 2.75 bits per heavy atom. The van der Waals surface area contributed by atoms with Crippen molar-refractivity contribution in [1.29, 1.82) is 0 Å². The van der Waals surface area contributed by atoms with Crippen molar-refractivity contribution in [2.24, 2.45) is 7.05 Å². The first-order valence-electron chi connectivity index (χ1n) is 8.14. The van der Waals surface area contributed by atoms with Crippen LogP contribution in [0.4, 0.5) is 0 Å². The predicted molar refractivity (Wildman–Crippen MR) is 95.4 cm³/mol. The van der Waals surface area contributed by atoms with Crippen molar-refractivity contribution in [1.82, 2.24) is 4.98 Å². The van der Waals surface area contributed by atoms with E-state index in [0.29, 0.717) is 5.88 Å². The molecule has 0 bridgehead atoms. The second-order valence-corrected chi connectivity index (χ2v) is 6.53. The monoisotopic (exact) mass is 313 g/mol. The molecular weight excluding hydrogens is 296 g/mol. The molecule has 3 nitrogen and oxygen atoms in total. The Hall–Kier alpha value is -2.94. The zero-order chi connectivity index (χ0) is 16.4. The third-order valence-electron chi connectivity index (χ3n) is 4.91. The molecule has 3 aromatic carbocycles. The minimum atomic E-state index is 0.685. The maximum absolute atomic E-state index is 6.20. The topological polar surface area (TPSA) is 26.0 Å². The number of aryl methyl sites for hydroxylation is 3. The molecular formula is C21H17N2O+. The van der Waals surface area contributed by atoms with Gasteiger partial charge in [-0.2, -0.15) is 4.57 Å². The molecule has 5 rings (SSSR count). The lowest BCUT2D eigenvalue weighted by atomic mass is 9.94. The summed E-state index contributed by atoms with van der Waals surface area (Å²) in [4.78, 5) is 4.82. The average molecular weight is 313 g/mol. The Balaban J connectivity index is 1.99. The summed E-state index contributed by atoms with van der Waals surface area (Å²) in [7, 11) is 2.09. The van der Waals surface area contributed by atoms with Crippen LogP contribution in [-0.4, -0.2) is 4.98 Å². The highest BCUT2D eigenvalue weighted by Crippen LogP contribution is 2.45. The highest BCUT2D eigenvalue weighted by molar-refractivity contribution is 6.03. The van der Waals surface area contributed by atoms with Gasteiger partial charge in [0.2, 0.25) is 5.52 Å². The third kappa shape index (κ3) is 1.67. The van der Waals surface area contributed by atoms with Crippen LogP contribution >= 0.6 is 0 Å². The standard InChI is InChI=1S/C21H17N2O/c1-12-7-10-16-15(11-12)22-21-20(23(16)3)18-13(2)8-9-14-5-4-6-17(24-21)19(14)18/h4-11H,1-3H3/q+1. The summed E-state index contributed by atoms with van der Waals surface area (Å²) in [6.45, 7) is 4.24. The maximum Gasteiger partial charge on any atom is 0.294 e. The van der Waals surface area contributed by atoms with Gasteiger partial charge in [-0.15, -0.1) is 0 Å². The van der Waals surface area contributed by atoms with Gasteiger partial charge in [0.1, 0.15) is 18.3 Å². The van der Waals surface area contributed by atoms with Crippen molar-refractivity contribution in [3.05, 3.63) is 59.7 Å². The number of hydrogen-bond donors (Lipinski definition) is 0. The number of aromatic nitrogens is 2. The van der Waals surface area contributed by atoms with E-state index >= 15 is 0 Å². The summed E-state index contributed by atoms with van der Waals surface area (Å²) in [6, 6.07) is 16.9. The molecule has 0 saturated carbocycles. The Kier molecular flexibility index (Phi) is 2.55. The summed E-state index contributed by atoms with van der Waals surface area (Å²) in [5.41, 5.74) is 6.78. The van der Waals surface area contributed by atoms with Crippen LogP contribution in [0.5, 0.6) is 11.6 Å². The molecule has 1 aliphatic rings. The van der Waals surface area contributed by atoms with Gasteiger partial charge >= 0.3 is 0 Å². The van der Waals surface area contributed by atoms with Crippen LogP contribution in [0.1, 0.15) is 11.1 Å². The van der Waals surface area contributed by atoms with Gasteiger partial charge in [0.15, 0.2) is 0 Å². The second kappa shape index (κ2) is 4.54. The van der Waals surface area contributed by atoms with Crippen LogP contribution in [-0.2, 0) is 7.05 Å². The molecule has 3 heteroatoms. The van der Waals surface area contributed by atoms with Crippen molar-refractivity contribution >= 4 is 21.8 Å². The largest absolute Gasteiger partial charge is 0.433 e. The number of fused-ring (bicyclic) bond motifs is 3. The molecule has 2 heterocycles. The Bertz CT molecular complexity index is 1160. The number of ether oxygens (including phenoxy) is 1. The van der Waals surface area contributed by atoms with Crippen LogP contribution in [0.2, 0.25) is 0 Å². The zero-order valence-corrected chi connectivity index (χ0v) is 13.9. The first-order valence-corrected chi connectivity index (χ1v) is 8.14. The van der Waals surface area contributed by atoms with E-state index in [1.165, 1.54) is 27.5 Å². The fraction of sp³-hybridized carbons (Fsp3) is 0.143. The Labute approximate surface area is 140 Å². The van der Waals surface area contributed by atoms with E-state index in [1.54, 1.807) is 0 Å². The van der Waals surface area contributed by atoms with Gasteiger partial charge in [0, 0.05) is 11.5 Å². The van der Waals surface area contributed by atoms with E-state index in [9.17, 15) is 0 Å². The fourth-order valence-electron chi connectivity index (χ4n) is 3.72. The summed E-state index contributed by atoms with van der Waals surface area (Å²) in [5, 5.41) is 2.37. The fourth-order valence-corrected chi connectivity index (χ4v) is 3.72. The highest BCUT2D eigenvalue weighted by atomic mass is 16.5. The molecule has 116 valence electrons. The van der Waals surface area contributed by atoms with Crippen molar-refractivity contribution in [2.75, 3.05) is 0 Å². The predicted octanol–water partition coefficient (Wildman–Crippen LogP) is 4.60. The van der Waals surface area contributed by atoms with Gasteiger partial charge in [0.05, 0.1) is 5.56 Å². The molecule has 0 unspecified atom stereocenters. The molecule has 0 N–H and O–H groups in total. The third-order valence-corrected chi connectivity index (χ3v) is 4.91. The van der Waals surface area contributed by atoms with Crippen molar-refractivity contribution in [3.63, 3.8) is 0 Å². The minimum Gasteiger partial charge on any atom is -0.433 e. The quantitative estimate of drug-likeness (QED) is 0.390. The van der Waals surface area contributed by atoms with E-state index in [-0.39, 0.29) is 0 Å². The van der Waals surface area contributed by atoms with Crippen LogP contribution < -0.4 is 9.30 Å². The summed E-state index contributed by atoms with van der Waals surface area (Å²) in [6.07, 6.45) is 0. The van der Waals surface area contributed by atoms with E-state index in [2.05, 4.69) is 61.9 Å². The van der Waals surface area contributed by atoms with E-state index in [4.69, 9.17) is 9.72 Å². The van der Waals surface area contributed by atoms with Crippen molar-refractivity contribution in [2.45, 2.75) is 13.8 Å². The van der Waals surface area contributed by atoms with Crippen LogP contribution in [0.25, 0.3) is 33.1 Å². The number of rotatable bonds is 0. The first-order chi connectivity index (χ1) is 11.6. The van der Waals surface area contributed by atoms with Crippen molar-refractivity contribution < 1.29 is 9.30 Å². The summed E-state index contributed by atoms with van der Waals surface area (Å²) < 4.78 is 8.40. The Morgan fingerprint density at radius 1 is 1.00 bits per heavy atom. The lowest BCUT2D eigenvalue weighted by molar-refractivity contribution is -0.634. The van der Waals surface area contributed by atoms with Crippen LogP contribution in [0.3, 0.4) is 0 Å². The SMILES string of the molecule is Cc1ccc2c(c1)nc1c([n+]2C)-c2c(C)ccc3cccc(c23)O1. The van der Waals surface area contributed by atoms with E-state index < -0.39 is 0 Å². The molecule has 1 aromatic heterocycles. The maximum atomic E-state index is 6.20. The molecule has 1 aliphatic heterocycles. The molecule has 0 radical (unpaired) electrons. The van der Waals surface area contributed by atoms with Gasteiger partial charge in [-0.1, -0.05) is 30.3 Å². The van der Waals surface area contributed by atoms with Crippen LogP contribution in [0, 0.1) is 13.8 Å². The van der Waals surface area contributed by atoms with Crippen LogP contribution in [0.15, 0.2) is 48.5 Å². The lowest BCUT2D eigenvalue weighted by Crippen LogP contribution is -2.34.